The Morgan fingerprint density at radius 1 is 0.283 bits per heavy atom. The maximum atomic E-state index is 6.81. The molecule has 0 aliphatic carbocycles. The van der Waals surface area contributed by atoms with Crippen LogP contribution >= 0.6 is 11.6 Å². The summed E-state index contributed by atoms with van der Waals surface area (Å²) >= 11 is 6.14. The van der Waals surface area contributed by atoms with Crippen molar-refractivity contribution in [3.63, 3.8) is 0 Å². The van der Waals surface area contributed by atoms with Gasteiger partial charge in [-0.05, 0) is 163 Å². The monoisotopic (exact) mass is 1480 g/mol. The molecule has 10 heteroatoms. The summed E-state index contributed by atoms with van der Waals surface area (Å²) in [5.41, 5.74) is 26.1. The van der Waals surface area contributed by atoms with Gasteiger partial charge in [0.2, 0.25) is 0 Å². The summed E-state index contributed by atoms with van der Waals surface area (Å²) in [6.07, 6.45) is 0. The highest BCUT2D eigenvalue weighted by Gasteiger charge is 2.55. The second-order valence-corrected chi connectivity index (χ2v) is 30.9. The van der Waals surface area contributed by atoms with Gasteiger partial charge in [-0.2, -0.15) is 0 Å². The number of ether oxygens (including phenoxy) is 2. The lowest BCUT2D eigenvalue weighted by molar-refractivity contribution is 0.00578. The highest BCUT2D eigenvalue weighted by Crippen LogP contribution is 2.63. The van der Waals surface area contributed by atoms with Gasteiger partial charge in [0.15, 0.2) is 0 Å². The number of benzene rings is 14. The molecule has 4 aromatic heterocycles. The van der Waals surface area contributed by atoms with Gasteiger partial charge < -0.3 is 35.3 Å². The van der Waals surface area contributed by atoms with E-state index < -0.39 is 29.2 Å². The third kappa shape index (κ3) is 10.7. The molecule has 0 saturated carbocycles. The van der Waals surface area contributed by atoms with Crippen LogP contribution in [0.15, 0.2) is 364 Å². The van der Waals surface area contributed by atoms with Crippen LogP contribution in [0, 0.1) is 7.43 Å². The van der Waals surface area contributed by atoms with Gasteiger partial charge in [0.1, 0.15) is 28.2 Å². The molecule has 18 aromatic rings. The molecule has 113 heavy (non-hydrogen) atoms. The molecule has 0 bridgehead atoms. The Kier molecular flexibility index (Phi) is 16.4. The van der Waals surface area contributed by atoms with Crippen LogP contribution in [0.2, 0.25) is 5.15 Å². The number of fused-ring (bicyclic) bond motifs is 22. The molecular weight excluding hydrogens is 1400 g/mol. The van der Waals surface area contributed by atoms with Crippen molar-refractivity contribution in [1.29, 1.82) is 0 Å². The Balaban J connectivity index is 0.000000120. The van der Waals surface area contributed by atoms with Crippen LogP contribution < -0.4 is 14.9 Å². The first kappa shape index (κ1) is 69.1. The van der Waals surface area contributed by atoms with Crippen LogP contribution in [0.4, 0.5) is 0 Å². The summed E-state index contributed by atoms with van der Waals surface area (Å²) in [7, 11) is -0.476. The van der Waals surface area contributed by atoms with Crippen molar-refractivity contribution in [2.75, 3.05) is 0 Å². The van der Waals surface area contributed by atoms with Crippen molar-refractivity contribution in [1.82, 2.24) is 19.1 Å². The molecule has 23 rings (SSSR count). The molecular formula is C103H75BClN4O4-. The first-order chi connectivity index (χ1) is 54.9. The Labute approximate surface area is 662 Å². The van der Waals surface area contributed by atoms with E-state index in [0.29, 0.717) is 5.15 Å². The van der Waals surface area contributed by atoms with Crippen molar-refractivity contribution in [2.24, 2.45) is 0 Å². The number of halogens is 1. The Hall–Kier alpha value is -13.1. The fourth-order valence-corrected chi connectivity index (χ4v) is 18.4. The summed E-state index contributed by atoms with van der Waals surface area (Å²) in [4.78, 5) is 9.72. The van der Waals surface area contributed by atoms with Gasteiger partial charge in [-0.15, -0.1) is 0 Å². The maximum absolute atomic E-state index is 6.81. The van der Waals surface area contributed by atoms with Crippen molar-refractivity contribution in [2.45, 2.75) is 49.7 Å². The number of para-hydroxylation sites is 8. The number of pyridine rings is 2. The number of rotatable bonds is 6. The average Bonchev–Trinajstić information content (AvgIpc) is 1.65. The molecule has 5 aliphatic heterocycles. The normalized spacial score (nSPS) is 16.4. The lowest BCUT2D eigenvalue weighted by Gasteiger charge is -2.45. The zero-order chi connectivity index (χ0) is 75.0. The molecule has 2 atom stereocenters. The van der Waals surface area contributed by atoms with E-state index in [1.165, 1.54) is 77.2 Å². The van der Waals surface area contributed by atoms with Gasteiger partial charge in [0.05, 0.1) is 72.6 Å². The van der Waals surface area contributed by atoms with E-state index in [9.17, 15) is 0 Å². The van der Waals surface area contributed by atoms with Crippen molar-refractivity contribution < 1.29 is 18.8 Å². The van der Waals surface area contributed by atoms with Crippen LogP contribution in [-0.2, 0) is 20.1 Å². The maximum Gasteiger partial charge on any atom is 0.494 e. The molecule has 0 amide bonds. The minimum atomic E-state index is -0.639. The minimum absolute atomic E-state index is 0. The fraction of sp³-hybridized carbons (Fsp3) is 0.0777. The van der Waals surface area contributed by atoms with Gasteiger partial charge in [0, 0.05) is 60.5 Å². The predicted molar refractivity (Wildman–Crippen MR) is 462 cm³/mol. The van der Waals surface area contributed by atoms with Gasteiger partial charge in [0.25, 0.3) is 0 Å². The SMILES string of the molecule is CC1(C)OB(c2ccc3c(c2)C2(c4ccccc4O3)c3ccccc3-n3c4ccccc4c4cccc2c43)OC1(C)C.Clc1cc(-c2ccccc2)cc(-c2ccccc2)n1.[CH3-].c1ccc(-c2cc(-c3ccccc3)nc(-c3ccc4c(c3)C3(c5ccccc5O4)c4ccccc4-n4c5ccccc5c5cccc3c54)c2)cc1. The van der Waals surface area contributed by atoms with E-state index in [0.717, 1.165) is 107 Å². The first-order valence-electron chi connectivity index (χ1n) is 38.3. The van der Waals surface area contributed by atoms with E-state index in [4.69, 9.17) is 35.4 Å². The third-order valence-corrected chi connectivity index (χ3v) is 24.1. The molecule has 8 nitrogen and oxygen atoms in total. The topological polar surface area (TPSA) is 72.6 Å². The summed E-state index contributed by atoms with van der Waals surface area (Å²) in [5, 5.41) is 5.53. The van der Waals surface area contributed by atoms with E-state index in [-0.39, 0.29) is 7.43 Å². The van der Waals surface area contributed by atoms with Crippen molar-refractivity contribution >= 4 is 67.8 Å². The zero-order valence-corrected chi connectivity index (χ0v) is 63.8. The second-order valence-electron chi connectivity index (χ2n) is 30.5. The van der Waals surface area contributed by atoms with Crippen molar-refractivity contribution in [3.8, 4) is 90.4 Å². The Morgan fingerprint density at radius 2 is 0.646 bits per heavy atom. The van der Waals surface area contributed by atoms with Crippen LogP contribution in [0.3, 0.4) is 0 Å². The molecule has 5 aliphatic rings. The van der Waals surface area contributed by atoms with Gasteiger partial charge in [-0.1, -0.05) is 291 Å². The molecule has 0 radical (unpaired) electrons. The van der Waals surface area contributed by atoms with Crippen molar-refractivity contribution in [3.05, 3.63) is 421 Å². The lowest BCUT2D eigenvalue weighted by Crippen LogP contribution is -2.41. The molecule has 542 valence electrons. The van der Waals surface area contributed by atoms with E-state index >= 15 is 0 Å². The van der Waals surface area contributed by atoms with Gasteiger partial charge in [-0.25, -0.2) is 9.97 Å². The second kappa shape index (κ2) is 26.8. The molecule has 2 spiro atoms. The molecule has 1 fully saturated rings. The van der Waals surface area contributed by atoms with Crippen LogP contribution in [0.5, 0.6) is 23.0 Å². The zero-order valence-electron chi connectivity index (χ0n) is 63.0. The van der Waals surface area contributed by atoms with Crippen LogP contribution in [0.1, 0.15) is 72.2 Å². The number of hydrogen-bond acceptors (Lipinski definition) is 6. The number of hydrogen-bond donors (Lipinski definition) is 0. The quantitative estimate of drug-likeness (QED) is 0.0938. The first-order valence-corrected chi connectivity index (χ1v) is 38.7. The summed E-state index contributed by atoms with van der Waals surface area (Å²) < 4.78 is 31.5. The molecule has 9 heterocycles. The highest BCUT2D eigenvalue weighted by molar-refractivity contribution is 6.62. The van der Waals surface area contributed by atoms with Gasteiger partial charge in [-0.3, -0.25) is 0 Å². The standard InChI is InChI=1S/C48H30N2O.C37H30BNO3.C17H12ClN.CH3/c1-3-14-31(15-4-1)34-29-41(32-16-5-2-6-17-32)49-42(30-34)33-26-27-46-40(28-33)48(38-21-9-12-25-45(38)51-46)37-20-8-11-24-44(37)50-43-23-10-7-18-35(43)36-19-13-22-39(48)47(36)50;1-35(2)36(3,4)42-38(41-35)23-20-21-33-29(22-23)37(27-15-7-10-19-32(27)40-33)26-14-6-9-18-31(26)39-30-17-8-5-12-24(30)25-13-11-16-28(37)34(25)39;18-17-12-15(13-7-3-1-4-8-13)11-16(19-17)14-9-5-2-6-10-14;/h1-30H;5-22H,1-4H3;1-12H;1H3/q;;;-1. The molecule has 0 N–H and O–H groups in total. The largest absolute Gasteiger partial charge is 0.494 e. The minimum Gasteiger partial charge on any atom is -0.457 e. The fourth-order valence-electron chi connectivity index (χ4n) is 18.2. The lowest BCUT2D eigenvalue weighted by atomic mass is 9.60. The smallest absolute Gasteiger partial charge is 0.457 e. The molecule has 1 saturated heterocycles. The Bertz CT molecular complexity index is 6690. The van der Waals surface area contributed by atoms with E-state index in [1.807, 2.05) is 60.7 Å². The molecule has 2 unspecified atom stereocenters. The third-order valence-electron chi connectivity index (χ3n) is 23.9. The average molecular weight is 1480 g/mol. The van der Waals surface area contributed by atoms with Crippen LogP contribution in [0.25, 0.3) is 111 Å². The summed E-state index contributed by atoms with van der Waals surface area (Å²) in [5.74, 6) is 3.47. The highest BCUT2D eigenvalue weighted by atomic mass is 35.5. The summed E-state index contributed by atoms with van der Waals surface area (Å²) in [6, 6.07) is 129. The summed E-state index contributed by atoms with van der Waals surface area (Å²) in [6.45, 7) is 8.40. The molecule has 14 aromatic carbocycles. The van der Waals surface area contributed by atoms with E-state index in [1.54, 1.807) is 0 Å². The predicted octanol–water partition coefficient (Wildman–Crippen LogP) is 25.4. The number of nitrogens with zero attached hydrogens (tertiary/aromatic N) is 4. The Morgan fingerprint density at radius 3 is 1.14 bits per heavy atom. The number of aromatic nitrogens is 4. The van der Waals surface area contributed by atoms with Gasteiger partial charge >= 0.3 is 7.12 Å². The van der Waals surface area contributed by atoms with Crippen LogP contribution in [-0.4, -0.2) is 37.4 Å². The van der Waals surface area contributed by atoms with E-state index in [2.05, 4.69) is 345 Å².